The summed E-state index contributed by atoms with van der Waals surface area (Å²) in [6.45, 7) is 9.29. The summed E-state index contributed by atoms with van der Waals surface area (Å²) in [5, 5.41) is 0.998. The van der Waals surface area contributed by atoms with E-state index in [-0.39, 0.29) is 12.4 Å². The largest absolute Gasteiger partial charge is 0.460 e. The van der Waals surface area contributed by atoms with E-state index in [2.05, 4.69) is 34.6 Å². The van der Waals surface area contributed by atoms with Crippen LogP contribution in [0.15, 0.2) is 23.2 Å². The number of benzene rings is 1. The molecule has 8 heteroatoms. The van der Waals surface area contributed by atoms with Gasteiger partial charge >= 0.3 is 5.97 Å². The molecule has 0 atom stereocenters. The Morgan fingerprint density at radius 3 is 2.58 bits per heavy atom. The predicted molar refractivity (Wildman–Crippen MR) is 99.9 cm³/mol. The van der Waals surface area contributed by atoms with Crippen LogP contribution in [-0.2, 0) is 9.53 Å². The fourth-order valence-corrected chi connectivity index (χ4v) is 2.25. The van der Waals surface area contributed by atoms with E-state index in [4.69, 9.17) is 27.9 Å². The van der Waals surface area contributed by atoms with Gasteiger partial charge in [-0.25, -0.2) is 4.79 Å². The molecule has 0 heterocycles. The summed E-state index contributed by atoms with van der Waals surface area (Å²) in [6, 6.07) is 4.99. The number of carbonyl (C=O) groups excluding carboxylic acids is 1. The normalized spacial score (nSPS) is 11.5. The summed E-state index contributed by atoms with van der Waals surface area (Å²) < 4.78 is 5.01. The van der Waals surface area contributed by atoms with Crippen molar-refractivity contribution in [2.24, 2.45) is 4.99 Å². The number of nitrogens with one attached hydrogen (secondary N) is 2. The number of halogens is 2. The van der Waals surface area contributed by atoms with E-state index in [9.17, 15) is 4.79 Å². The molecule has 0 aliphatic carbocycles. The lowest BCUT2D eigenvalue weighted by atomic mass is 10.3. The second kappa shape index (κ2) is 11.1. The average molecular weight is 375 g/mol. The molecular weight excluding hydrogens is 351 g/mol. The first-order chi connectivity index (χ1) is 11.5. The number of amidine groups is 1. The number of likely N-dealkylation sites (N-methyl/N-ethyl adjacent to an activating group) is 1. The van der Waals surface area contributed by atoms with Crippen molar-refractivity contribution in [3.63, 3.8) is 0 Å². The van der Waals surface area contributed by atoms with Gasteiger partial charge in [-0.05, 0) is 38.2 Å². The molecule has 1 aromatic carbocycles. The summed E-state index contributed by atoms with van der Waals surface area (Å²) in [5.41, 5.74) is 6.16. The van der Waals surface area contributed by atoms with Gasteiger partial charge in [-0.3, -0.25) is 15.8 Å². The Bertz CT molecular complexity index is 563. The van der Waals surface area contributed by atoms with Crippen LogP contribution < -0.4 is 10.9 Å². The molecule has 2 N–H and O–H groups in total. The van der Waals surface area contributed by atoms with E-state index in [1.165, 1.54) is 0 Å². The Kier molecular flexibility index (Phi) is 9.52. The lowest BCUT2D eigenvalue weighted by Gasteiger charge is -2.17. The van der Waals surface area contributed by atoms with Crippen molar-refractivity contribution >= 4 is 40.7 Å². The van der Waals surface area contributed by atoms with Crippen molar-refractivity contribution in [3.8, 4) is 0 Å². The Balaban J connectivity index is 2.74. The number of anilines is 1. The molecule has 1 aromatic rings. The topological polar surface area (TPSA) is 66.0 Å². The maximum atomic E-state index is 12.0. The minimum atomic E-state index is -0.525. The molecule has 1 rings (SSSR count). The van der Waals surface area contributed by atoms with Crippen LogP contribution in [-0.4, -0.2) is 49.5 Å². The molecule has 0 radical (unpaired) electrons. The number of rotatable bonds is 8. The third-order valence-corrected chi connectivity index (χ3v) is 3.86. The fraction of sp³-hybridized carbons (Fsp3) is 0.500. The molecule has 0 aliphatic rings. The standard InChI is InChI=1S/C16H24Cl2N4O2/c1-4-22(5-2)10-9-19-15(16(23)24-6-3)21-20-14-11-12(17)7-8-13(14)18/h7-8,11,20H,4-6,9-10H2,1-3H3,(H,19,21). The quantitative estimate of drug-likeness (QED) is 0.316. The van der Waals surface area contributed by atoms with Crippen LogP contribution in [0.25, 0.3) is 0 Å². The first kappa shape index (κ1) is 20.5. The number of hydrazine groups is 1. The van der Waals surface area contributed by atoms with E-state index in [1.54, 1.807) is 25.1 Å². The van der Waals surface area contributed by atoms with Crippen LogP contribution in [0.4, 0.5) is 5.69 Å². The molecule has 6 nitrogen and oxygen atoms in total. The number of esters is 1. The minimum Gasteiger partial charge on any atom is -0.460 e. The van der Waals surface area contributed by atoms with Gasteiger partial charge in [0.05, 0.1) is 23.9 Å². The summed E-state index contributed by atoms with van der Waals surface area (Å²) >= 11 is 12.0. The number of hydrogen-bond acceptors (Lipinski definition) is 5. The Labute approximate surface area is 153 Å². The van der Waals surface area contributed by atoms with E-state index in [1.807, 2.05) is 0 Å². The fourth-order valence-electron chi connectivity index (χ4n) is 1.92. The number of carbonyl (C=O) groups is 1. The average Bonchev–Trinajstić information content (AvgIpc) is 2.57. The summed E-state index contributed by atoms with van der Waals surface area (Å²) in [4.78, 5) is 18.5. The molecule has 134 valence electrons. The van der Waals surface area contributed by atoms with Crippen LogP contribution in [0, 0.1) is 0 Å². The summed E-state index contributed by atoms with van der Waals surface area (Å²) in [6.07, 6.45) is 0. The zero-order valence-electron chi connectivity index (χ0n) is 14.2. The molecular formula is C16H24Cl2N4O2. The molecule has 0 fully saturated rings. The van der Waals surface area contributed by atoms with Crippen LogP contribution in [0.1, 0.15) is 20.8 Å². The van der Waals surface area contributed by atoms with Gasteiger partial charge in [-0.15, -0.1) is 0 Å². The summed E-state index contributed by atoms with van der Waals surface area (Å²) in [5.74, 6) is -0.428. The van der Waals surface area contributed by atoms with Crippen molar-refractivity contribution in [1.29, 1.82) is 0 Å². The smallest absolute Gasteiger partial charge is 0.375 e. The molecule has 0 aromatic heterocycles. The second-order valence-electron chi connectivity index (χ2n) is 4.85. The minimum absolute atomic E-state index is 0.0973. The molecule has 24 heavy (non-hydrogen) atoms. The number of ether oxygens (including phenoxy) is 1. The highest BCUT2D eigenvalue weighted by Crippen LogP contribution is 2.24. The van der Waals surface area contributed by atoms with E-state index in [0.717, 1.165) is 19.6 Å². The molecule has 0 spiro atoms. The SMILES string of the molecule is CCOC(=O)C(=NCCN(CC)CC)NNc1cc(Cl)ccc1Cl. The maximum Gasteiger partial charge on any atom is 0.375 e. The lowest BCUT2D eigenvalue weighted by Crippen LogP contribution is -2.38. The number of aliphatic imine (C=N–C) groups is 1. The highest BCUT2D eigenvalue weighted by atomic mass is 35.5. The van der Waals surface area contributed by atoms with E-state index < -0.39 is 5.97 Å². The monoisotopic (exact) mass is 374 g/mol. The second-order valence-corrected chi connectivity index (χ2v) is 5.70. The number of hydrogen-bond donors (Lipinski definition) is 2. The molecule has 0 saturated carbocycles. The van der Waals surface area contributed by atoms with Gasteiger partial charge in [0, 0.05) is 11.6 Å². The van der Waals surface area contributed by atoms with Gasteiger partial charge in [-0.1, -0.05) is 37.0 Å². The van der Waals surface area contributed by atoms with Crippen molar-refractivity contribution < 1.29 is 9.53 Å². The molecule has 0 bridgehead atoms. The van der Waals surface area contributed by atoms with Crippen LogP contribution in [0.2, 0.25) is 10.0 Å². The van der Waals surface area contributed by atoms with Crippen LogP contribution in [0.3, 0.4) is 0 Å². The van der Waals surface area contributed by atoms with Crippen molar-refractivity contribution in [1.82, 2.24) is 10.3 Å². The Morgan fingerprint density at radius 1 is 1.25 bits per heavy atom. The van der Waals surface area contributed by atoms with Gasteiger partial charge in [0.15, 0.2) is 0 Å². The van der Waals surface area contributed by atoms with Crippen molar-refractivity contribution in [2.45, 2.75) is 20.8 Å². The van der Waals surface area contributed by atoms with Crippen molar-refractivity contribution in [2.75, 3.05) is 38.2 Å². The third-order valence-electron chi connectivity index (χ3n) is 3.29. The molecule has 0 aliphatic heterocycles. The molecule has 0 saturated heterocycles. The third kappa shape index (κ3) is 6.95. The molecule has 0 amide bonds. The lowest BCUT2D eigenvalue weighted by molar-refractivity contribution is -0.135. The van der Waals surface area contributed by atoms with Crippen molar-refractivity contribution in [3.05, 3.63) is 28.2 Å². The maximum absolute atomic E-state index is 12.0. The number of nitrogens with zero attached hydrogens (tertiary/aromatic N) is 2. The Morgan fingerprint density at radius 2 is 1.96 bits per heavy atom. The van der Waals surface area contributed by atoms with E-state index >= 15 is 0 Å². The van der Waals surface area contributed by atoms with Crippen LogP contribution in [0.5, 0.6) is 0 Å². The zero-order valence-corrected chi connectivity index (χ0v) is 15.7. The van der Waals surface area contributed by atoms with Gasteiger partial charge in [0.25, 0.3) is 0 Å². The molecule has 0 unspecified atom stereocenters. The zero-order chi connectivity index (χ0) is 17.9. The van der Waals surface area contributed by atoms with Gasteiger partial charge in [0.1, 0.15) is 0 Å². The predicted octanol–water partition coefficient (Wildman–Crippen LogP) is 3.21. The van der Waals surface area contributed by atoms with Gasteiger partial charge in [0.2, 0.25) is 5.84 Å². The first-order valence-corrected chi connectivity index (χ1v) is 8.68. The highest BCUT2D eigenvalue weighted by molar-refractivity contribution is 6.36. The van der Waals surface area contributed by atoms with E-state index in [0.29, 0.717) is 22.3 Å². The highest BCUT2D eigenvalue weighted by Gasteiger charge is 2.13. The summed E-state index contributed by atoms with van der Waals surface area (Å²) in [7, 11) is 0. The first-order valence-electron chi connectivity index (χ1n) is 7.92. The van der Waals surface area contributed by atoms with Crippen LogP contribution >= 0.6 is 23.2 Å². The van der Waals surface area contributed by atoms with Gasteiger partial charge < -0.3 is 9.64 Å². The van der Waals surface area contributed by atoms with Gasteiger partial charge in [-0.2, -0.15) is 0 Å². The Hall–Kier alpha value is -1.50.